The number of carbonyl (C=O) groups is 1. The number of amides is 1. The van der Waals surface area contributed by atoms with Crippen molar-refractivity contribution in [3.05, 3.63) is 23.8 Å². The Labute approximate surface area is 137 Å². The van der Waals surface area contributed by atoms with E-state index >= 15 is 0 Å². The molecular formula is C18H26N2OS. The van der Waals surface area contributed by atoms with Gasteiger partial charge >= 0.3 is 0 Å². The number of nitrogens with one attached hydrogen (secondary N) is 1. The summed E-state index contributed by atoms with van der Waals surface area (Å²) in [6.45, 7) is 12.8. The van der Waals surface area contributed by atoms with Gasteiger partial charge in [0.1, 0.15) is 0 Å². The lowest BCUT2D eigenvalue weighted by molar-refractivity contribution is -0.122. The lowest BCUT2D eigenvalue weighted by Gasteiger charge is -2.27. The highest BCUT2D eigenvalue weighted by molar-refractivity contribution is 7.22. The molecule has 2 aromatic rings. The van der Waals surface area contributed by atoms with Crippen LogP contribution in [-0.2, 0) is 4.79 Å². The number of fused-ring (bicyclic) bond motifs is 1. The Bertz CT molecular complexity index is 667. The van der Waals surface area contributed by atoms with Crippen molar-refractivity contribution in [3.8, 4) is 0 Å². The molecule has 0 aliphatic rings. The minimum atomic E-state index is 0.00810. The molecule has 120 valence electrons. The maximum absolute atomic E-state index is 12.6. The minimum Gasteiger partial charge on any atom is -0.302 e. The lowest BCUT2D eigenvalue weighted by atomic mass is 9.79. The van der Waals surface area contributed by atoms with E-state index in [9.17, 15) is 4.79 Å². The third-order valence-corrected chi connectivity index (χ3v) is 4.70. The quantitative estimate of drug-likeness (QED) is 0.836. The van der Waals surface area contributed by atoms with Crippen LogP contribution in [0.5, 0.6) is 0 Å². The Morgan fingerprint density at radius 3 is 2.59 bits per heavy atom. The first-order valence-electron chi connectivity index (χ1n) is 7.84. The number of aryl methyl sites for hydroxylation is 1. The number of benzene rings is 1. The average Bonchev–Trinajstić information content (AvgIpc) is 2.75. The van der Waals surface area contributed by atoms with Gasteiger partial charge in [0.2, 0.25) is 5.91 Å². The molecule has 1 aromatic heterocycles. The van der Waals surface area contributed by atoms with E-state index in [1.54, 1.807) is 0 Å². The molecule has 0 aliphatic carbocycles. The van der Waals surface area contributed by atoms with Crippen molar-refractivity contribution in [2.45, 2.75) is 48.0 Å². The van der Waals surface area contributed by atoms with Gasteiger partial charge in [0.15, 0.2) is 5.13 Å². The first kappa shape index (κ1) is 16.9. The number of hydrogen-bond acceptors (Lipinski definition) is 3. The van der Waals surface area contributed by atoms with Crippen LogP contribution in [0.15, 0.2) is 18.2 Å². The van der Waals surface area contributed by atoms with Gasteiger partial charge in [-0.05, 0) is 42.4 Å². The summed E-state index contributed by atoms with van der Waals surface area (Å²) < 4.78 is 1.11. The summed E-state index contributed by atoms with van der Waals surface area (Å²) in [7, 11) is 0. The van der Waals surface area contributed by atoms with Gasteiger partial charge in [-0.2, -0.15) is 0 Å². The van der Waals surface area contributed by atoms with Gasteiger partial charge in [0, 0.05) is 5.92 Å². The number of thiazole rings is 1. The fourth-order valence-corrected chi connectivity index (χ4v) is 3.43. The Kier molecular flexibility index (Phi) is 4.90. The summed E-state index contributed by atoms with van der Waals surface area (Å²) in [6, 6.07) is 6.19. The predicted molar refractivity (Wildman–Crippen MR) is 95.4 cm³/mol. The predicted octanol–water partition coefficient (Wildman–Crippen LogP) is 5.25. The minimum absolute atomic E-state index is 0.00810. The number of anilines is 1. The van der Waals surface area contributed by atoms with Gasteiger partial charge in [-0.15, -0.1) is 0 Å². The molecule has 3 nitrogen and oxygen atoms in total. The van der Waals surface area contributed by atoms with Gasteiger partial charge in [-0.25, -0.2) is 4.98 Å². The highest BCUT2D eigenvalue weighted by Crippen LogP contribution is 2.31. The number of rotatable bonds is 4. The van der Waals surface area contributed by atoms with Crippen LogP contribution in [0.1, 0.15) is 46.6 Å². The highest BCUT2D eigenvalue weighted by Gasteiger charge is 2.28. The third-order valence-electron chi connectivity index (χ3n) is 3.75. The van der Waals surface area contributed by atoms with Crippen LogP contribution >= 0.6 is 11.3 Å². The summed E-state index contributed by atoms with van der Waals surface area (Å²) in [6.07, 6.45) is 0.875. The molecular weight excluding hydrogens is 292 g/mol. The number of nitrogens with zero attached hydrogens (tertiary/aromatic N) is 1. The van der Waals surface area contributed by atoms with E-state index < -0.39 is 0 Å². The first-order chi connectivity index (χ1) is 10.2. The van der Waals surface area contributed by atoms with Crippen LogP contribution in [0.25, 0.3) is 10.2 Å². The van der Waals surface area contributed by atoms with Crippen molar-refractivity contribution < 1.29 is 4.79 Å². The number of hydrogen-bond donors (Lipinski definition) is 1. The molecule has 0 fully saturated rings. The lowest BCUT2D eigenvalue weighted by Crippen LogP contribution is -2.30. The molecule has 0 spiro atoms. The van der Waals surface area contributed by atoms with E-state index in [2.05, 4.69) is 70.0 Å². The van der Waals surface area contributed by atoms with Crippen LogP contribution in [0, 0.1) is 24.2 Å². The van der Waals surface area contributed by atoms with Crippen molar-refractivity contribution in [2.75, 3.05) is 5.32 Å². The van der Waals surface area contributed by atoms with Gasteiger partial charge in [0.05, 0.1) is 10.2 Å². The van der Waals surface area contributed by atoms with Crippen LogP contribution < -0.4 is 5.32 Å². The fraction of sp³-hybridized carbons (Fsp3) is 0.556. The molecule has 0 aliphatic heterocycles. The molecule has 1 amide bonds. The topological polar surface area (TPSA) is 42.0 Å². The highest BCUT2D eigenvalue weighted by atomic mass is 32.1. The van der Waals surface area contributed by atoms with Crippen molar-refractivity contribution >= 4 is 32.6 Å². The van der Waals surface area contributed by atoms with Crippen LogP contribution in [0.2, 0.25) is 0 Å². The van der Waals surface area contributed by atoms with E-state index in [0.717, 1.165) is 16.6 Å². The zero-order valence-electron chi connectivity index (χ0n) is 14.4. The van der Waals surface area contributed by atoms with Crippen molar-refractivity contribution in [1.82, 2.24) is 4.98 Å². The number of carbonyl (C=O) groups excluding carboxylic acids is 1. The van der Waals surface area contributed by atoms with E-state index in [-0.39, 0.29) is 17.2 Å². The average molecular weight is 318 g/mol. The summed E-state index contributed by atoms with van der Waals surface area (Å²) in [4.78, 5) is 17.2. The smallest absolute Gasteiger partial charge is 0.229 e. The normalized spacial score (nSPS) is 13.6. The molecule has 2 rings (SSSR count). The SMILES string of the molecule is Cc1ccc2sc(NC(=O)C(CC(C)(C)C)C(C)C)nc2c1. The van der Waals surface area contributed by atoms with E-state index in [0.29, 0.717) is 11.0 Å². The third kappa shape index (κ3) is 4.29. The molecule has 1 heterocycles. The maximum atomic E-state index is 12.6. The van der Waals surface area contributed by atoms with Crippen LogP contribution in [-0.4, -0.2) is 10.9 Å². The molecule has 0 saturated heterocycles. The molecule has 0 saturated carbocycles. The summed E-state index contributed by atoms with van der Waals surface area (Å²) in [5, 5.41) is 3.72. The van der Waals surface area contributed by atoms with Crippen molar-refractivity contribution in [1.29, 1.82) is 0 Å². The molecule has 1 atom stereocenters. The molecule has 22 heavy (non-hydrogen) atoms. The second-order valence-corrected chi connectivity index (χ2v) is 8.63. The molecule has 0 radical (unpaired) electrons. The molecule has 1 aromatic carbocycles. The second kappa shape index (κ2) is 6.37. The monoisotopic (exact) mass is 318 g/mol. The van der Waals surface area contributed by atoms with Crippen LogP contribution in [0.4, 0.5) is 5.13 Å². The van der Waals surface area contributed by atoms with E-state index in [1.165, 1.54) is 16.9 Å². The Morgan fingerprint density at radius 1 is 1.32 bits per heavy atom. The maximum Gasteiger partial charge on any atom is 0.229 e. The van der Waals surface area contributed by atoms with Gasteiger partial charge in [0.25, 0.3) is 0 Å². The Morgan fingerprint density at radius 2 is 2.00 bits per heavy atom. The van der Waals surface area contributed by atoms with Crippen molar-refractivity contribution in [3.63, 3.8) is 0 Å². The Hall–Kier alpha value is -1.42. The zero-order valence-corrected chi connectivity index (χ0v) is 15.2. The summed E-state index contributed by atoms with van der Waals surface area (Å²) in [5.74, 6) is 0.408. The second-order valence-electron chi connectivity index (χ2n) is 7.59. The van der Waals surface area contributed by atoms with Gasteiger partial charge < -0.3 is 5.32 Å². The molecule has 1 N–H and O–H groups in total. The number of aromatic nitrogens is 1. The molecule has 4 heteroatoms. The fourth-order valence-electron chi connectivity index (χ4n) is 2.58. The largest absolute Gasteiger partial charge is 0.302 e. The standard InChI is InChI=1S/C18H26N2OS/c1-11(2)13(10-18(4,5)6)16(21)20-17-19-14-9-12(3)7-8-15(14)22-17/h7-9,11,13H,10H2,1-6H3,(H,19,20,21). The Balaban J connectivity index is 2.17. The molecule has 1 unspecified atom stereocenters. The van der Waals surface area contributed by atoms with Gasteiger partial charge in [-0.3, -0.25) is 4.79 Å². The van der Waals surface area contributed by atoms with E-state index in [4.69, 9.17) is 0 Å². The van der Waals surface area contributed by atoms with E-state index in [1.807, 2.05) is 0 Å². The van der Waals surface area contributed by atoms with Crippen LogP contribution in [0.3, 0.4) is 0 Å². The zero-order chi connectivity index (χ0) is 16.5. The summed E-state index contributed by atoms with van der Waals surface area (Å²) >= 11 is 1.54. The molecule has 0 bridgehead atoms. The first-order valence-corrected chi connectivity index (χ1v) is 8.65. The van der Waals surface area contributed by atoms with Gasteiger partial charge in [-0.1, -0.05) is 52.0 Å². The summed E-state index contributed by atoms with van der Waals surface area (Å²) in [5.41, 5.74) is 2.28. The van der Waals surface area contributed by atoms with Crippen molar-refractivity contribution in [2.24, 2.45) is 17.3 Å².